The summed E-state index contributed by atoms with van der Waals surface area (Å²) in [6, 6.07) is 21.9. The SMILES string of the molecule is Cc1cc(C)c(/C(=C2\C=CC(c3ccccc3[O-])=N2)c2ccc(-c3ccccc3[O-])[n-]2)c(C)c1.[Pt]. The van der Waals surface area contributed by atoms with E-state index in [0.29, 0.717) is 22.5 Å². The van der Waals surface area contributed by atoms with Crippen molar-refractivity contribution in [2.24, 2.45) is 4.99 Å². The molecule has 3 aromatic carbocycles. The number of allylic oxidation sites excluding steroid dienone is 2. The molecule has 0 bridgehead atoms. The van der Waals surface area contributed by atoms with Crippen LogP contribution in [-0.4, -0.2) is 5.71 Å². The molecule has 0 radical (unpaired) electrons. The van der Waals surface area contributed by atoms with Crippen molar-refractivity contribution in [2.45, 2.75) is 20.8 Å². The average Bonchev–Trinajstić information content (AvgIpc) is 3.47. The Hall–Kier alpha value is -3.62. The van der Waals surface area contributed by atoms with Gasteiger partial charge in [0.25, 0.3) is 0 Å². The van der Waals surface area contributed by atoms with Gasteiger partial charge < -0.3 is 15.2 Å². The zero-order chi connectivity index (χ0) is 23.8. The molecule has 0 N–H and O–H groups in total. The van der Waals surface area contributed by atoms with E-state index in [4.69, 9.17) is 9.98 Å². The van der Waals surface area contributed by atoms with E-state index in [-0.39, 0.29) is 32.6 Å². The summed E-state index contributed by atoms with van der Waals surface area (Å²) >= 11 is 0. The van der Waals surface area contributed by atoms with Crippen LogP contribution >= 0.6 is 0 Å². The zero-order valence-corrected chi connectivity index (χ0v) is 21.9. The van der Waals surface area contributed by atoms with E-state index in [1.54, 1.807) is 36.4 Å². The van der Waals surface area contributed by atoms with Gasteiger partial charge in [0, 0.05) is 21.1 Å². The molecule has 1 aromatic heterocycles. The first kappa shape index (κ1) is 24.5. The molecule has 0 atom stereocenters. The minimum Gasteiger partial charge on any atom is -0.872 e. The van der Waals surface area contributed by atoms with E-state index in [1.807, 2.05) is 36.4 Å². The molecule has 0 saturated carbocycles. The second-order valence-electron chi connectivity index (χ2n) is 8.57. The molecule has 0 unspecified atom stereocenters. The number of hydrogen-bond donors (Lipinski definition) is 0. The van der Waals surface area contributed by atoms with E-state index in [2.05, 4.69) is 32.9 Å². The topological polar surface area (TPSA) is 72.6 Å². The van der Waals surface area contributed by atoms with Crippen LogP contribution in [0.25, 0.3) is 16.8 Å². The van der Waals surface area contributed by atoms with Gasteiger partial charge in [-0.15, -0.1) is 17.1 Å². The summed E-state index contributed by atoms with van der Waals surface area (Å²) in [7, 11) is 0. The van der Waals surface area contributed by atoms with Gasteiger partial charge in [-0.3, -0.25) is 0 Å². The summed E-state index contributed by atoms with van der Waals surface area (Å²) in [6.45, 7) is 6.25. The number of rotatable bonds is 4. The Bertz CT molecular complexity index is 1490. The first-order chi connectivity index (χ1) is 16.4. The number of aromatic nitrogens is 1. The van der Waals surface area contributed by atoms with Crippen LogP contribution in [0.5, 0.6) is 11.5 Å². The van der Waals surface area contributed by atoms with Crippen LogP contribution in [0.4, 0.5) is 0 Å². The Morgan fingerprint density at radius 1 is 0.743 bits per heavy atom. The Balaban J connectivity index is 0.00000289. The van der Waals surface area contributed by atoms with Gasteiger partial charge in [-0.1, -0.05) is 84.1 Å². The fourth-order valence-corrected chi connectivity index (χ4v) is 4.62. The molecule has 4 nitrogen and oxygen atoms in total. The van der Waals surface area contributed by atoms with Crippen molar-refractivity contribution < 1.29 is 31.3 Å². The fourth-order valence-electron chi connectivity index (χ4n) is 4.62. The second kappa shape index (κ2) is 9.93. The van der Waals surface area contributed by atoms with Crippen LogP contribution in [-0.2, 0) is 21.1 Å². The summed E-state index contributed by atoms with van der Waals surface area (Å²) in [6.07, 6.45) is 3.81. The van der Waals surface area contributed by atoms with Crippen molar-refractivity contribution in [3.63, 3.8) is 0 Å². The van der Waals surface area contributed by atoms with E-state index in [0.717, 1.165) is 33.7 Å². The van der Waals surface area contributed by atoms with Crippen molar-refractivity contribution >= 4 is 11.3 Å². The Kier molecular flexibility index (Phi) is 6.95. The minimum atomic E-state index is -0.0582. The van der Waals surface area contributed by atoms with Crippen molar-refractivity contribution in [3.05, 3.63) is 124 Å². The monoisotopic (exact) mass is 638 g/mol. The molecule has 2 heterocycles. The predicted molar refractivity (Wildman–Crippen MR) is 133 cm³/mol. The number of benzene rings is 3. The normalized spacial score (nSPS) is 14.0. The average molecular weight is 639 g/mol. The molecule has 1 aliphatic rings. The van der Waals surface area contributed by atoms with Crippen LogP contribution in [0, 0.1) is 20.8 Å². The van der Waals surface area contributed by atoms with Crippen molar-refractivity contribution in [1.82, 2.24) is 4.98 Å². The van der Waals surface area contributed by atoms with E-state index in [9.17, 15) is 10.2 Å². The molecule has 0 fully saturated rings. The Labute approximate surface area is 219 Å². The van der Waals surface area contributed by atoms with E-state index < -0.39 is 0 Å². The Morgan fingerprint density at radius 2 is 1.34 bits per heavy atom. The van der Waals surface area contributed by atoms with E-state index >= 15 is 0 Å². The largest absolute Gasteiger partial charge is 0.872 e. The molecule has 5 heteroatoms. The first-order valence-electron chi connectivity index (χ1n) is 11.2. The van der Waals surface area contributed by atoms with Crippen LogP contribution in [0.2, 0.25) is 0 Å². The predicted octanol–water partition coefficient (Wildman–Crippen LogP) is 5.20. The first-order valence-corrected chi connectivity index (χ1v) is 11.2. The van der Waals surface area contributed by atoms with Gasteiger partial charge >= 0.3 is 0 Å². The van der Waals surface area contributed by atoms with Crippen LogP contribution in [0.3, 0.4) is 0 Å². The van der Waals surface area contributed by atoms with Crippen LogP contribution in [0.1, 0.15) is 33.5 Å². The van der Waals surface area contributed by atoms with Gasteiger partial charge in [-0.05, 0) is 66.3 Å². The molecular weight excluding hydrogens is 615 g/mol. The summed E-state index contributed by atoms with van der Waals surface area (Å²) in [5.41, 5.74) is 9.28. The van der Waals surface area contributed by atoms with Gasteiger partial charge in [-0.2, -0.15) is 0 Å². The third-order valence-corrected chi connectivity index (χ3v) is 6.05. The van der Waals surface area contributed by atoms with Gasteiger partial charge in [0.15, 0.2) is 0 Å². The number of aryl methyl sites for hydroxylation is 3. The smallest absolute Gasteiger partial charge is 0.0704 e. The molecule has 0 spiro atoms. The summed E-state index contributed by atoms with van der Waals surface area (Å²) in [4.78, 5) is 9.72. The van der Waals surface area contributed by atoms with Crippen molar-refractivity contribution in [2.75, 3.05) is 0 Å². The van der Waals surface area contributed by atoms with Crippen molar-refractivity contribution in [3.8, 4) is 22.8 Å². The summed E-state index contributed by atoms with van der Waals surface area (Å²) < 4.78 is 0. The maximum atomic E-state index is 12.4. The molecule has 5 rings (SSSR count). The molecular formula is C30H23N2O2Pt-3. The number of aliphatic imine (C=N–C) groups is 1. The van der Waals surface area contributed by atoms with Crippen LogP contribution < -0.4 is 15.2 Å². The van der Waals surface area contributed by atoms with Gasteiger partial charge in [0.05, 0.1) is 11.4 Å². The summed E-state index contributed by atoms with van der Waals surface area (Å²) in [5, 5.41) is 24.8. The van der Waals surface area contributed by atoms with Crippen molar-refractivity contribution in [1.29, 1.82) is 0 Å². The minimum absolute atomic E-state index is 0. The van der Waals surface area contributed by atoms with Gasteiger partial charge in [0.2, 0.25) is 0 Å². The molecule has 1 aliphatic heterocycles. The quantitative estimate of drug-likeness (QED) is 0.309. The van der Waals surface area contributed by atoms with E-state index in [1.165, 1.54) is 5.56 Å². The number of nitrogens with zero attached hydrogens (tertiary/aromatic N) is 2. The molecule has 0 aliphatic carbocycles. The number of para-hydroxylation sites is 2. The second-order valence-corrected chi connectivity index (χ2v) is 8.57. The molecule has 0 saturated heterocycles. The molecule has 35 heavy (non-hydrogen) atoms. The fraction of sp³-hybridized carbons (Fsp3) is 0.100. The van der Waals surface area contributed by atoms with Gasteiger partial charge in [-0.25, -0.2) is 4.99 Å². The third-order valence-electron chi connectivity index (χ3n) is 6.05. The molecule has 0 amide bonds. The molecule has 178 valence electrons. The molecule has 4 aromatic rings. The standard InChI is InChI=1S/C30H25N2O2.Pt/c1-18-16-19(2)29(20(3)17-18)30(25-14-12-23(31-25)21-8-4-6-10-27(21)33)26-15-13-24(32-26)22-9-5-7-11-28(22)34;/h4-17H,1-3H3,(H2-,31,32,33,34);/q-1;/p-2. The Morgan fingerprint density at radius 3 is 1.97 bits per heavy atom. The van der Waals surface area contributed by atoms with Gasteiger partial charge in [0.1, 0.15) is 0 Å². The third kappa shape index (κ3) is 4.67. The number of hydrogen-bond acceptors (Lipinski definition) is 3. The van der Waals surface area contributed by atoms with Crippen LogP contribution in [0.15, 0.2) is 95.6 Å². The maximum Gasteiger partial charge on any atom is 0.0704 e. The zero-order valence-electron chi connectivity index (χ0n) is 19.6. The maximum absolute atomic E-state index is 12.4. The summed E-state index contributed by atoms with van der Waals surface area (Å²) in [5.74, 6) is -0.116.